The predicted octanol–water partition coefficient (Wildman–Crippen LogP) is 3.04. The van der Waals surface area contributed by atoms with Gasteiger partial charge in [0.15, 0.2) is 0 Å². The number of benzene rings is 1. The molecule has 1 amide bonds. The van der Waals surface area contributed by atoms with E-state index in [9.17, 15) is 14.9 Å². The number of carbonyl (C=O) groups excluding carboxylic acids is 2. The third-order valence-electron chi connectivity index (χ3n) is 5.06. The number of hydrogen-bond donors (Lipinski definition) is 0. The molecule has 2 aromatic rings. The van der Waals surface area contributed by atoms with E-state index in [-0.39, 0.29) is 17.4 Å². The molecule has 3 rings (SSSR count). The summed E-state index contributed by atoms with van der Waals surface area (Å²) >= 11 is 0. The normalized spacial score (nSPS) is 14.3. The Morgan fingerprint density at radius 2 is 1.87 bits per heavy atom. The molecule has 30 heavy (non-hydrogen) atoms. The van der Waals surface area contributed by atoms with E-state index >= 15 is 0 Å². The molecule has 0 bridgehead atoms. The van der Waals surface area contributed by atoms with Gasteiger partial charge in [-0.15, -0.1) is 0 Å². The molecule has 0 saturated carbocycles. The second-order valence-corrected chi connectivity index (χ2v) is 7.00. The lowest BCUT2D eigenvalue weighted by Gasteiger charge is -2.26. The first kappa shape index (κ1) is 21.3. The zero-order valence-electron chi connectivity index (χ0n) is 17.5. The van der Waals surface area contributed by atoms with Crippen molar-refractivity contribution in [2.75, 3.05) is 32.9 Å². The van der Waals surface area contributed by atoms with Crippen molar-refractivity contribution in [1.82, 2.24) is 9.47 Å². The van der Waals surface area contributed by atoms with Crippen molar-refractivity contribution in [1.29, 1.82) is 5.26 Å². The Kier molecular flexibility index (Phi) is 6.70. The van der Waals surface area contributed by atoms with Crippen LogP contribution in [0.5, 0.6) is 0 Å². The molecule has 0 unspecified atom stereocenters. The Hall–Kier alpha value is -3.37. The van der Waals surface area contributed by atoms with Crippen LogP contribution in [0.1, 0.15) is 34.2 Å². The van der Waals surface area contributed by atoms with E-state index in [4.69, 9.17) is 9.47 Å². The molecular weight excluding hydrogens is 382 g/mol. The summed E-state index contributed by atoms with van der Waals surface area (Å²) in [5.74, 6) is -0.627. The average Bonchev–Trinajstić information content (AvgIpc) is 3.05. The molecule has 156 valence electrons. The lowest BCUT2D eigenvalue weighted by molar-refractivity contribution is -0.130. The van der Waals surface area contributed by atoms with Gasteiger partial charge in [0, 0.05) is 30.2 Å². The van der Waals surface area contributed by atoms with E-state index in [1.54, 1.807) is 30.0 Å². The minimum Gasteiger partial charge on any atom is -0.462 e. The van der Waals surface area contributed by atoms with Gasteiger partial charge in [0.05, 0.1) is 25.4 Å². The molecule has 1 fully saturated rings. The molecular formula is C23H25N3O4. The van der Waals surface area contributed by atoms with E-state index in [2.05, 4.69) is 0 Å². The van der Waals surface area contributed by atoms with Crippen molar-refractivity contribution < 1.29 is 19.1 Å². The summed E-state index contributed by atoms with van der Waals surface area (Å²) in [7, 11) is 0. The van der Waals surface area contributed by atoms with Gasteiger partial charge in [-0.3, -0.25) is 4.79 Å². The Bertz CT molecular complexity index is 1010. The molecule has 2 heterocycles. The monoisotopic (exact) mass is 407 g/mol. The number of nitriles is 1. The number of carbonyl (C=O) groups is 2. The van der Waals surface area contributed by atoms with Crippen molar-refractivity contribution >= 4 is 18.0 Å². The van der Waals surface area contributed by atoms with Crippen LogP contribution in [0, 0.1) is 25.2 Å². The van der Waals surface area contributed by atoms with Gasteiger partial charge in [0.2, 0.25) is 0 Å². The minimum atomic E-state index is -0.353. The van der Waals surface area contributed by atoms with Crippen molar-refractivity contribution in [2.45, 2.75) is 20.8 Å². The van der Waals surface area contributed by atoms with Gasteiger partial charge in [0.25, 0.3) is 5.91 Å². The first-order valence-corrected chi connectivity index (χ1v) is 9.91. The molecule has 0 radical (unpaired) electrons. The lowest BCUT2D eigenvalue weighted by atomic mass is 10.1. The van der Waals surface area contributed by atoms with Crippen LogP contribution in [0.4, 0.5) is 0 Å². The van der Waals surface area contributed by atoms with Crippen molar-refractivity contribution in [3.8, 4) is 11.8 Å². The molecule has 1 aromatic heterocycles. The van der Waals surface area contributed by atoms with Gasteiger partial charge in [-0.05, 0) is 62.7 Å². The van der Waals surface area contributed by atoms with Crippen molar-refractivity contribution in [3.63, 3.8) is 0 Å². The first-order chi connectivity index (χ1) is 14.5. The molecule has 1 aliphatic rings. The highest BCUT2D eigenvalue weighted by atomic mass is 16.5. The maximum Gasteiger partial charge on any atom is 0.338 e. The van der Waals surface area contributed by atoms with Crippen LogP contribution < -0.4 is 0 Å². The zero-order chi connectivity index (χ0) is 21.7. The van der Waals surface area contributed by atoms with Gasteiger partial charge in [-0.2, -0.15) is 5.26 Å². The number of aryl methyl sites for hydroxylation is 1. The number of esters is 1. The van der Waals surface area contributed by atoms with Crippen LogP contribution in [-0.2, 0) is 14.3 Å². The molecule has 7 heteroatoms. The number of aromatic nitrogens is 1. The fourth-order valence-electron chi connectivity index (χ4n) is 3.53. The van der Waals surface area contributed by atoms with Crippen LogP contribution >= 0.6 is 0 Å². The highest BCUT2D eigenvalue weighted by molar-refractivity contribution is 6.02. The number of morpholine rings is 1. The lowest BCUT2D eigenvalue weighted by Crippen LogP contribution is -2.41. The van der Waals surface area contributed by atoms with E-state index in [1.165, 1.54) is 0 Å². The van der Waals surface area contributed by atoms with Crippen LogP contribution in [-0.4, -0.2) is 54.3 Å². The minimum absolute atomic E-state index is 0.106. The van der Waals surface area contributed by atoms with Crippen LogP contribution in [0.25, 0.3) is 11.8 Å². The largest absolute Gasteiger partial charge is 0.462 e. The summed E-state index contributed by atoms with van der Waals surface area (Å²) in [6.07, 6.45) is 1.64. The van der Waals surface area contributed by atoms with Gasteiger partial charge in [0.1, 0.15) is 11.6 Å². The maximum atomic E-state index is 12.7. The summed E-state index contributed by atoms with van der Waals surface area (Å²) in [6, 6.07) is 11.1. The van der Waals surface area contributed by atoms with E-state index < -0.39 is 0 Å². The average molecular weight is 407 g/mol. The molecule has 1 aliphatic heterocycles. The van der Waals surface area contributed by atoms with Gasteiger partial charge in [-0.1, -0.05) is 0 Å². The predicted molar refractivity (Wildman–Crippen MR) is 112 cm³/mol. The second kappa shape index (κ2) is 9.42. The van der Waals surface area contributed by atoms with E-state index in [0.717, 1.165) is 22.6 Å². The molecule has 0 aliphatic carbocycles. The third kappa shape index (κ3) is 4.44. The van der Waals surface area contributed by atoms with E-state index in [0.29, 0.717) is 38.5 Å². The Morgan fingerprint density at radius 3 is 2.47 bits per heavy atom. The zero-order valence-corrected chi connectivity index (χ0v) is 17.5. The Morgan fingerprint density at radius 1 is 1.20 bits per heavy atom. The van der Waals surface area contributed by atoms with Crippen LogP contribution in [0.15, 0.2) is 35.9 Å². The van der Waals surface area contributed by atoms with Crippen molar-refractivity contribution in [3.05, 3.63) is 58.4 Å². The van der Waals surface area contributed by atoms with Gasteiger partial charge >= 0.3 is 5.97 Å². The molecule has 7 nitrogen and oxygen atoms in total. The Labute approximate surface area is 176 Å². The van der Waals surface area contributed by atoms with Gasteiger partial charge in [-0.25, -0.2) is 4.79 Å². The fourth-order valence-corrected chi connectivity index (χ4v) is 3.53. The van der Waals surface area contributed by atoms with Gasteiger partial charge < -0.3 is 18.9 Å². The first-order valence-electron chi connectivity index (χ1n) is 9.91. The van der Waals surface area contributed by atoms with Crippen LogP contribution in [0.3, 0.4) is 0 Å². The molecule has 1 aromatic carbocycles. The number of amides is 1. The SMILES string of the molecule is CCOC(=O)c1ccc(-n2c(C)cc(/C=C(\C#N)C(=O)N3CCOCC3)c2C)cc1. The number of nitrogens with zero attached hydrogens (tertiary/aromatic N) is 3. The molecule has 1 saturated heterocycles. The summed E-state index contributed by atoms with van der Waals surface area (Å²) in [6.45, 7) is 7.95. The van der Waals surface area contributed by atoms with E-state index in [1.807, 2.05) is 42.7 Å². The van der Waals surface area contributed by atoms with Crippen LogP contribution in [0.2, 0.25) is 0 Å². The number of rotatable bonds is 5. The third-order valence-corrected chi connectivity index (χ3v) is 5.06. The molecule has 0 spiro atoms. The maximum absolute atomic E-state index is 12.7. The number of ether oxygens (including phenoxy) is 2. The topological polar surface area (TPSA) is 84.6 Å². The Balaban J connectivity index is 1.89. The summed E-state index contributed by atoms with van der Waals surface area (Å²) in [5, 5.41) is 9.55. The fraction of sp³-hybridized carbons (Fsp3) is 0.348. The summed E-state index contributed by atoms with van der Waals surface area (Å²) in [4.78, 5) is 26.2. The van der Waals surface area contributed by atoms with Crippen molar-refractivity contribution in [2.24, 2.45) is 0 Å². The number of hydrogen-bond acceptors (Lipinski definition) is 5. The summed E-state index contributed by atoms with van der Waals surface area (Å²) in [5.41, 5.74) is 4.15. The molecule has 0 atom stereocenters. The highest BCUT2D eigenvalue weighted by Gasteiger charge is 2.21. The standard InChI is InChI=1S/C23H25N3O4/c1-4-30-23(28)18-5-7-21(8-6-18)26-16(2)13-19(17(26)3)14-20(15-24)22(27)25-9-11-29-12-10-25/h5-8,13-14H,4,9-12H2,1-3H3/b20-14+. The molecule has 0 N–H and O–H groups in total. The quantitative estimate of drug-likeness (QED) is 0.432. The highest BCUT2D eigenvalue weighted by Crippen LogP contribution is 2.24. The second-order valence-electron chi connectivity index (χ2n) is 7.00. The smallest absolute Gasteiger partial charge is 0.338 e. The summed E-state index contributed by atoms with van der Waals surface area (Å²) < 4.78 is 12.3.